The zero-order valence-corrected chi connectivity index (χ0v) is 18.2. The van der Waals surface area contributed by atoms with Gasteiger partial charge in [0.05, 0.1) is 12.7 Å². The highest BCUT2D eigenvalue weighted by Gasteiger charge is 2.43. The van der Waals surface area contributed by atoms with Crippen molar-refractivity contribution in [3.63, 3.8) is 0 Å². The predicted molar refractivity (Wildman–Crippen MR) is 98.6 cm³/mol. The van der Waals surface area contributed by atoms with Crippen LogP contribution in [0.3, 0.4) is 0 Å². The minimum absolute atomic E-state index is 0.0860. The van der Waals surface area contributed by atoms with Crippen LogP contribution in [0.5, 0.6) is 0 Å². The van der Waals surface area contributed by atoms with Gasteiger partial charge in [0.15, 0.2) is 0 Å². The maximum absolute atomic E-state index is 11.9. The van der Waals surface area contributed by atoms with Crippen LogP contribution in [0.1, 0.15) is 12.6 Å². The summed E-state index contributed by atoms with van der Waals surface area (Å²) in [5.41, 5.74) is 6.82. The lowest BCUT2D eigenvalue weighted by Crippen LogP contribution is -2.31. The van der Waals surface area contributed by atoms with E-state index in [2.05, 4.69) is 23.2 Å². The number of ether oxygens (including phenoxy) is 2. The van der Waals surface area contributed by atoms with Crippen LogP contribution in [0.2, 0.25) is 0 Å². The Morgan fingerprint density at radius 1 is 1.22 bits per heavy atom. The molecule has 1 aromatic heterocycles. The first-order chi connectivity index (χ1) is 14.7. The average molecular weight is 523 g/mol. The van der Waals surface area contributed by atoms with Gasteiger partial charge in [0.25, 0.3) is 5.56 Å². The van der Waals surface area contributed by atoms with E-state index in [-0.39, 0.29) is 6.42 Å². The van der Waals surface area contributed by atoms with E-state index in [0.717, 1.165) is 16.8 Å². The number of aromatic nitrogens is 2. The molecule has 2 rings (SSSR count). The molecule has 5 atom stereocenters. The average Bonchev–Trinajstić information content (AvgIpc) is 3.00. The van der Waals surface area contributed by atoms with Crippen molar-refractivity contribution in [1.82, 2.24) is 9.55 Å². The number of phosphoric acid groups is 3. The molecule has 1 saturated heterocycles. The van der Waals surface area contributed by atoms with Crippen molar-refractivity contribution in [3.8, 4) is 0 Å². The first-order valence-electron chi connectivity index (χ1n) is 8.09. The highest BCUT2D eigenvalue weighted by atomic mass is 31.3. The lowest BCUT2D eigenvalue weighted by molar-refractivity contribution is -0.0601. The Morgan fingerprint density at radius 2 is 1.91 bits per heavy atom. The summed E-state index contributed by atoms with van der Waals surface area (Å²) in [6, 6.07) is 1.03. The Labute approximate surface area is 176 Å². The number of nitrogens with one attached hydrogen (secondary N) is 1. The SMILES string of the molecule is [N-]=[N+]=NCO[C@H]1C[C@H](n2ccc(=O)[nH]c2=O)O[C@@H]1COP(=O)(O)OP(=O)(O)OP(=O)(O)O. The van der Waals surface area contributed by atoms with Gasteiger partial charge >= 0.3 is 29.2 Å². The molecule has 0 bridgehead atoms. The number of hydrogen-bond donors (Lipinski definition) is 5. The number of hydrogen-bond acceptors (Lipinski definition) is 11. The summed E-state index contributed by atoms with van der Waals surface area (Å²) in [6.07, 6.45) is -2.28. The van der Waals surface area contributed by atoms with Gasteiger partial charge in [-0.2, -0.15) is 8.62 Å². The lowest BCUT2D eigenvalue weighted by Gasteiger charge is -2.20. The smallest absolute Gasteiger partial charge is 0.369 e. The molecule has 5 N–H and O–H groups in total. The van der Waals surface area contributed by atoms with Crippen LogP contribution >= 0.6 is 23.5 Å². The second-order valence-electron chi connectivity index (χ2n) is 5.83. The van der Waals surface area contributed by atoms with Crippen molar-refractivity contribution in [1.29, 1.82) is 0 Å². The van der Waals surface area contributed by atoms with Gasteiger partial charge < -0.3 is 29.0 Å². The molecule has 2 unspecified atom stereocenters. The number of aromatic amines is 1. The summed E-state index contributed by atoms with van der Waals surface area (Å²) in [5.74, 6) is 0. The van der Waals surface area contributed by atoms with Gasteiger partial charge in [-0.05, 0) is 5.53 Å². The fourth-order valence-electron chi connectivity index (χ4n) is 2.48. The van der Waals surface area contributed by atoms with Gasteiger partial charge in [-0.3, -0.25) is 18.9 Å². The van der Waals surface area contributed by atoms with E-state index >= 15 is 0 Å². The Kier molecular flexibility index (Phi) is 8.72. The van der Waals surface area contributed by atoms with Crippen molar-refractivity contribution < 1.29 is 55.9 Å². The lowest BCUT2D eigenvalue weighted by atomic mass is 10.2. The van der Waals surface area contributed by atoms with E-state index in [1.54, 1.807) is 0 Å². The predicted octanol–water partition coefficient (Wildman–Crippen LogP) is -0.180. The zero-order chi connectivity index (χ0) is 24.2. The number of rotatable bonds is 11. The largest absolute Gasteiger partial charge is 0.490 e. The molecular formula is C10H16N5O14P3. The molecule has 22 heteroatoms. The van der Waals surface area contributed by atoms with Crippen LogP contribution in [-0.2, 0) is 36.3 Å². The zero-order valence-electron chi connectivity index (χ0n) is 15.5. The van der Waals surface area contributed by atoms with E-state index in [1.807, 2.05) is 4.98 Å². The minimum Gasteiger partial charge on any atom is -0.369 e. The monoisotopic (exact) mass is 523 g/mol. The Balaban J connectivity index is 2.12. The second-order valence-corrected chi connectivity index (χ2v) is 10.3. The van der Waals surface area contributed by atoms with Crippen LogP contribution in [-0.4, -0.2) is 54.7 Å². The molecule has 0 aromatic carbocycles. The molecule has 0 amide bonds. The van der Waals surface area contributed by atoms with Gasteiger partial charge in [0, 0.05) is 23.6 Å². The quantitative estimate of drug-likeness (QED) is 0.109. The molecule has 1 fully saturated rings. The highest BCUT2D eigenvalue weighted by Crippen LogP contribution is 2.66. The molecule has 32 heavy (non-hydrogen) atoms. The summed E-state index contributed by atoms with van der Waals surface area (Å²) in [7, 11) is -16.7. The number of phosphoric ester groups is 1. The van der Waals surface area contributed by atoms with Gasteiger partial charge in [-0.1, -0.05) is 5.11 Å². The fourth-order valence-corrected chi connectivity index (χ4v) is 5.51. The Bertz CT molecular complexity index is 1120. The van der Waals surface area contributed by atoms with Crippen LogP contribution < -0.4 is 11.2 Å². The molecule has 180 valence electrons. The first kappa shape index (κ1) is 26.6. The van der Waals surface area contributed by atoms with E-state index < -0.39 is 66.5 Å². The summed E-state index contributed by atoms with van der Waals surface area (Å²) in [6.45, 7) is -1.36. The first-order valence-corrected chi connectivity index (χ1v) is 12.6. The third-order valence-corrected chi connectivity index (χ3v) is 7.37. The molecule has 0 radical (unpaired) electrons. The molecule has 0 spiro atoms. The van der Waals surface area contributed by atoms with E-state index in [0.29, 0.717) is 0 Å². The van der Waals surface area contributed by atoms with E-state index in [1.165, 1.54) is 0 Å². The Hall–Kier alpha value is -1.68. The van der Waals surface area contributed by atoms with Crippen molar-refractivity contribution in [2.24, 2.45) is 5.11 Å². The van der Waals surface area contributed by atoms with E-state index in [4.69, 9.17) is 29.7 Å². The van der Waals surface area contributed by atoms with E-state index in [9.17, 15) is 28.2 Å². The third kappa shape index (κ3) is 8.35. The molecule has 0 aliphatic carbocycles. The summed E-state index contributed by atoms with van der Waals surface area (Å²) in [4.78, 5) is 63.3. The molecule has 2 heterocycles. The molecular weight excluding hydrogens is 507 g/mol. The van der Waals surface area contributed by atoms with Gasteiger partial charge in [0.1, 0.15) is 19.1 Å². The van der Waals surface area contributed by atoms with Crippen LogP contribution in [0.15, 0.2) is 27.0 Å². The fraction of sp³-hybridized carbons (Fsp3) is 0.600. The molecule has 1 aliphatic heterocycles. The van der Waals surface area contributed by atoms with Gasteiger partial charge in [0.2, 0.25) is 0 Å². The highest BCUT2D eigenvalue weighted by molar-refractivity contribution is 7.66. The van der Waals surface area contributed by atoms with Crippen LogP contribution in [0.4, 0.5) is 0 Å². The normalized spacial score (nSPS) is 24.9. The summed E-state index contributed by atoms with van der Waals surface area (Å²) < 4.78 is 57.3. The number of azide groups is 1. The third-order valence-electron chi connectivity index (χ3n) is 3.57. The summed E-state index contributed by atoms with van der Waals surface area (Å²) >= 11 is 0. The van der Waals surface area contributed by atoms with Gasteiger partial charge in [-0.15, -0.1) is 0 Å². The van der Waals surface area contributed by atoms with Gasteiger partial charge in [-0.25, -0.2) is 18.5 Å². The molecule has 19 nitrogen and oxygen atoms in total. The maximum Gasteiger partial charge on any atom is 0.490 e. The van der Waals surface area contributed by atoms with Crippen LogP contribution in [0.25, 0.3) is 10.4 Å². The maximum atomic E-state index is 11.9. The standard InChI is InChI=1S/C10H16N5O14P3/c11-14-12-5-25-6-3-9(15-2-1-8(16)13-10(15)17)27-7(6)4-26-31(21,22)29-32(23,24)28-30(18,19)20/h1-2,6-7,9H,3-5H2,(H,21,22)(H,23,24)(H,13,16,17)(H2,18,19,20)/t6-,7+,9+/m0/s1. The molecule has 0 saturated carbocycles. The molecule has 1 aliphatic rings. The Morgan fingerprint density at radius 3 is 2.50 bits per heavy atom. The molecule has 1 aromatic rings. The second kappa shape index (κ2) is 10.5. The van der Waals surface area contributed by atoms with Crippen molar-refractivity contribution in [3.05, 3.63) is 43.5 Å². The number of H-pyrrole nitrogens is 1. The van der Waals surface area contributed by atoms with Crippen molar-refractivity contribution >= 4 is 23.5 Å². The van der Waals surface area contributed by atoms with Crippen molar-refractivity contribution in [2.75, 3.05) is 13.3 Å². The minimum atomic E-state index is -5.71. The van der Waals surface area contributed by atoms with Crippen LogP contribution in [0, 0.1) is 0 Å². The van der Waals surface area contributed by atoms with Crippen molar-refractivity contribution in [2.45, 2.75) is 24.9 Å². The summed E-state index contributed by atoms with van der Waals surface area (Å²) in [5, 5.41) is 3.14. The topological polar surface area (TPSA) is 282 Å². The number of nitrogens with zero attached hydrogens (tertiary/aromatic N) is 4.